The normalized spacial score (nSPS) is 12.2. The molecule has 0 aliphatic rings. The van der Waals surface area contributed by atoms with Crippen molar-refractivity contribution in [2.45, 2.75) is 26.3 Å². The zero-order valence-electron chi connectivity index (χ0n) is 11.1. The third kappa shape index (κ3) is 4.46. The fourth-order valence-corrected chi connectivity index (χ4v) is 1.69. The van der Waals surface area contributed by atoms with Gasteiger partial charge in [0.1, 0.15) is 0 Å². The molecule has 1 aromatic carbocycles. The molecule has 0 fully saturated rings. The van der Waals surface area contributed by atoms with Gasteiger partial charge in [-0.1, -0.05) is 0 Å². The number of hydrogen-bond acceptors (Lipinski definition) is 3. The summed E-state index contributed by atoms with van der Waals surface area (Å²) in [5, 5.41) is 12.3. The average Bonchev–Trinajstić information content (AvgIpc) is 2.26. The first-order valence-electron chi connectivity index (χ1n) is 5.95. The minimum absolute atomic E-state index is 0.435. The summed E-state index contributed by atoms with van der Waals surface area (Å²) >= 11 is 0. The summed E-state index contributed by atoms with van der Waals surface area (Å²) in [6, 6.07) is 8.49. The SMILES string of the molecule is Cc1cc(NC(C)CCN(C)C)ccc1C#N. The minimum Gasteiger partial charge on any atom is -0.383 e. The molecule has 0 aromatic heterocycles. The molecule has 0 aliphatic heterocycles. The first kappa shape index (κ1) is 13.5. The Bertz CT molecular complexity index is 404. The second-order valence-electron chi connectivity index (χ2n) is 4.78. The number of anilines is 1. The third-order valence-electron chi connectivity index (χ3n) is 2.77. The molecule has 17 heavy (non-hydrogen) atoms. The van der Waals surface area contributed by atoms with Gasteiger partial charge in [-0.05, 0) is 64.7 Å². The maximum absolute atomic E-state index is 8.86. The molecule has 1 atom stereocenters. The van der Waals surface area contributed by atoms with E-state index < -0.39 is 0 Å². The molecular formula is C14H21N3. The van der Waals surface area contributed by atoms with Gasteiger partial charge in [-0.15, -0.1) is 0 Å². The second kappa shape index (κ2) is 6.27. The van der Waals surface area contributed by atoms with Crippen molar-refractivity contribution in [3.8, 4) is 6.07 Å². The highest BCUT2D eigenvalue weighted by molar-refractivity contribution is 5.51. The van der Waals surface area contributed by atoms with Gasteiger partial charge in [0.05, 0.1) is 11.6 Å². The van der Waals surface area contributed by atoms with Gasteiger partial charge in [0.15, 0.2) is 0 Å². The molecule has 3 heteroatoms. The highest BCUT2D eigenvalue weighted by atomic mass is 15.1. The van der Waals surface area contributed by atoms with E-state index in [1.165, 1.54) is 0 Å². The van der Waals surface area contributed by atoms with Crippen molar-refractivity contribution in [3.63, 3.8) is 0 Å². The van der Waals surface area contributed by atoms with Crippen LogP contribution in [0.5, 0.6) is 0 Å². The van der Waals surface area contributed by atoms with Crippen LogP contribution in [-0.2, 0) is 0 Å². The highest BCUT2D eigenvalue weighted by Gasteiger charge is 2.04. The van der Waals surface area contributed by atoms with Crippen LogP contribution in [0.1, 0.15) is 24.5 Å². The van der Waals surface area contributed by atoms with E-state index in [-0.39, 0.29) is 0 Å². The number of nitrogens with zero attached hydrogens (tertiary/aromatic N) is 2. The van der Waals surface area contributed by atoms with Crippen LogP contribution >= 0.6 is 0 Å². The van der Waals surface area contributed by atoms with Crippen molar-refractivity contribution < 1.29 is 0 Å². The lowest BCUT2D eigenvalue weighted by Crippen LogP contribution is -2.23. The van der Waals surface area contributed by atoms with Gasteiger partial charge in [-0.2, -0.15) is 5.26 Å². The van der Waals surface area contributed by atoms with Crippen molar-refractivity contribution in [2.75, 3.05) is 26.0 Å². The topological polar surface area (TPSA) is 39.1 Å². The Morgan fingerprint density at radius 2 is 2.12 bits per heavy atom. The van der Waals surface area contributed by atoms with Crippen LogP contribution in [0.2, 0.25) is 0 Å². The van der Waals surface area contributed by atoms with E-state index in [9.17, 15) is 0 Å². The maximum Gasteiger partial charge on any atom is 0.0994 e. The molecule has 0 saturated carbocycles. The summed E-state index contributed by atoms with van der Waals surface area (Å²) in [5.41, 5.74) is 2.86. The van der Waals surface area contributed by atoms with E-state index in [1.807, 2.05) is 25.1 Å². The number of nitrogens with one attached hydrogen (secondary N) is 1. The summed E-state index contributed by atoms with van der Waals surface area (Å²) < 4.78 is 0. The maximum atomic E-state index is 8.86. The zero-order valence-corrected chi connectivity index (χ0v) is 11.1. The molecule has 92 valence electrons. The van der Waals surface area contributed by atoms with Crippen molar-refractivity contribution in [3.05, 3.63) is 29.3 Å². The molecule has 1 unspecified atom stereocenters. The highest BCUT2D eigenvalue weighted by Crippen LogP contribution is 2.15. The molecule has 1 N–H and O–H groups in total. The summed E-state index contributed by atoms with van der Waals surface area (Å²) in [5.74, 6) is 0. The Kier molecular flexibility index (Phi) is 4.99. The first-order valence-corrected chi connectivity index (χ1v) is 5.95. The molecule has 0 spiro atoms. The van der Waals surface area contributed by atoms with Crippen LogP contribution in [0.15, 0.2) is 18.2 Å². The van der Waals surface area contributed by atoms with Crippen LogP contribution in [0.3, 0.4) is 0 Å². The second-order valence-corrected chi connectivity index (χ2v) is 4.78. The standard InChI is InChI=1S/C14H21N3/c1-11-9-14(6-5-13(11)10-15)16-12(2)7-8-17(3)4/h5-6,9,12,16H,7-8H2,1-4H3. The number of aryl methyl sites for hydroxylation is 1. The first-order chi connectivity index (χ1) is 8.02. The van der Waals surface area contributed by atoms with Crippen molar-refractivity contribution in [1.29, 1.82) is 5.26 Å². The molecule has 0 aliphatic carbocycles. The number of benzene rings is 1. The number of hydrogen-bond donors (Lipinski definition) is 1. The van der Waals surface area contributed by atoms with E-state index in [0.29, 0.717) is 6.04 Å². The predicted octanol–water partition coefficient (Wildman–Crippen LogP) is 2.62. The minimum atomic E-state index is 0.435. The van der Waals surface area contributed by atoms with Gasteiger partial charge >= 0.3 is 0 Å². The molecule has 0 heterocycles. The van der Waals surface area contributed by atoms with Crippen molar-refractivity contribution in [1.82, 2.24) is 4.90 Å². The monoisotopic (exact) mass is 231 g/mol. The van der Waals surface area contributed by atoms with E-state index in [1.54, 1.807) is 0 Å². The van der Waals surface area contributed by atoms with Crippen LogP contribution < -0.4 is 5.32 Å². The molecule has 0 bridgehead atoms. The fraction of sp³-hybridized carbons (Fsp3) is 0.500. The Hall–Kier alpha value is -1.53. The predicted molar refractivity (Wildman–Crippen MR) is 72.1 cm³/mol. The molecule has 0 saturated heterocycles. The van der Waals surface area contributed by atoms with Gasteiger partial charge in [0.25, 0.3) is 0 Å². The number of nitriles is 1. The smallest absolute Gasteiger partial charge is 0.0994 e. The van der Waals surface area contributed by atoms with E-state index in [0.717, 1.165) is 29.8 Å². The summed E-state index contributed by atoms with van der Waals surface area (Å²) in [6.45, 7) is 5.22. The molecule has 3 nitrogen and oxygen atoms in total. The molecular weight excluding hydrogens is 210 g/mol. The van der Waals surface area contributed by atoms with Gasteiger partial charge in [-0.3, -0.25) is 0 Å². The lowest BCUT2D eigenvalue weighted by Gasteiger charge is -2.18. The van der Waals surface area contributed by atoms with Crippen LogP contribution in [0, 0.1) is 18.3 Å². The summed E-state index contributed by atoms with van der Waals surface area (Å²) in [7, 11) is 4.16. The van der Waals surface area contributed by atoms with Crippen LogP contribution in [0.4, 0.5) is 5.69 Å². The van der Waals surface area contributed by atoms with Gasteiger partial charge in [-0.25, -0.2) is 0 Å². The van der Waals surface area contributed by atoms with Crippen LogP contribution in [-0.4, -0.2) is 31.6 Å². The van der Waals surface area contributed by atoms with Gasteiger partial charge < -0.3 is 10.2 Å². The Morgan fingerprint density at radius 1 is 1.41 bits per heavy atom. The van der Waals surface area contributed by atoms with Gasteiger partial charge in [0.2, 0.25) is 0 Å². The average molecular weight is 231 g/mol. The summed E-state index contributed by atoms with van der Waals surface area (Å²) in [4.78, 5) is 2.18. The van der Waals surface area contributed by atoms with Gasteiger partial charge in [0, 0.05) is 11.7 Å². The lowest BCUT2D eigenvalue weighted by atomic mass is 10.1. The lowest BCUT2D eigenvalue weighted by molar-refractivity contribution is 0.390. The Morgan fingerprint density at radius 3 is 2.65 bits per heavy atom. The molecule has 0 amide bonds. The Balaban J connectivity index is 2.57. The zero-order chi connectivity index (χ0) is 12.8. The Labute approximate surface area is 104 Å². The van der Waals surface area contributed by atoms with Crippen molar-refractivity contribution in [2.24, 2.45) is 0 Å². The number of rotatable bonds is 5. The van der Waals surface area contributed by atoms with Crippen molar-refractivity contribution >= 4 is 5.69 Å². The molecule has 0 radical (unpaired) electrons. The molecule has 1 rings (SSSR count). The largest absolute Gasteiger partial charge is 0.383 e. The quantitative estimate of drug-likeness (QED) is 0.846. The van der Waals surface area contributed by atoms with Crippen LogP contribution in [0.25, 0.3) is 0 Å². The van der Waals surface area contributed by atoms with E-state index >= 15 is 0 Å². The fourth-order valence-electron chi connectivity index (χ4n) is 1.69. The third-order valence-corrected chi connectivity index (χ3v) is 2.77. The van der Waals surface area contributed by atoms with E-state index in [2.05, 4.69) is 37.3 Å². The summed E-state index contributed by atoms with van der Waals surface area (Å²) in [6.07, 6.45) is 1.10. The van der Waals surface area contributed by atoms with E-state index in [4.69, 9.17) is 5.26 Å². The molecule has 1 aromatic rings.